The second kappa shape index (κ2) is 9.52. The molecule has 1 aliphatic carbocycles. The summed E-state index contributed by atoms with van der Waals surface area (Å²) < 4.78 is 43.4. The van der Waals surface area contributed by atoms with Gasteiger partial charge in [-0.25, -0.2) is 17.5 Å². The van der Waals surface area contributed by atoms with Crippen molar-refractivity contribution in [3.8, 4) is 5.69 Å². The number of para-hydroxylation sites is 1. The molecule has 0 bridgehead atoms. The van der Waals surface area contributed by atoms with Crippen LogP contribution in [-0.2, 0) is 22.9 Å². The number of hydrogen-bond acceptors (Lipinski definition) is 5. The van der Waals surface area contributed by atoms with Gasteiger partial charge in [-0.3, -0.25) is 4.79 Å². The van der Waals surface area contributed by atoms with Crippen LogP contribution in [-0.4, -0.2) is 66.0 Å². The van der Waals surface area contributed by atoms with E-state index >= 15 is 0 Å². The highest BCUT2D eigenvalue weighted by atomic mass is 32.2. The lowest BCUT2D eigenvalue weighted by atomic mass is 10.2. The Bertz CT molecular complexity index is 1350. The van der Waals surface area contributed by atoms with Crippen LogP contribution in [0, 0.1) is 5.82 Å². The normalized spacial score (nSPS) is 16.9. The van der Waals surface area contributed by atoms with E-state index in [4.69, 9.17) is 0 Å². The van der Waals surface area contributed by atoms with Crippen LogP contribution in [0.2, 0.25) is 0 Å². The van der Waals surface area contributed by atoms with Gasteiger partial charge in [0.05, 0.1) is 4.90 Å². The van der Waals surface area contributed by atoms with Crippen LogP contribution >= 0.6 is 0 Å². The monoisotopic (exact) mass is 497 g/mol. The van der Waals surface area contributed by atoms with E-state index < -0.39 is 21.7 Å². The minimum Gasteiger partial charge on any atom is -0.321 e. The van der Waals surface area contributed by atoms with E-state index in [1.165, 1.54) is 27.2 Å². The number of nitrogens with zero attached hydrogens (tertiary/aromatic N) is 4. The number of carbonyl (C=O) groups is 1. The molecule has 0 radical (unpaired) electrons. The summed E-state index contributed by atoms with van der Waals surface area (Å²) in [6.45, 7) is 5.33. The van der Waals surface area contributed by atoms with Gasteiger partial charge in [-0.1, -0.05) is 19.1 Å². The number of anilines is 1. The Morgan fingerprint density at radius 1 is 1.03 bits per heavy atom. The van der Waals surface area contributed by atoms with Crippen molar-refractivity contribution < 1.29 is 17.6 Å². The predicted molar refractivity (Wildman–Crippen MR) is 131 cm³/mol. The molecule has 1 aliphatic heterocycles. The van der Waals surface area contributed by atoms with E-state index in [2.05, 4.69) is 22.2 Å². The fourth-order valence-corrected chi connectivity index (χ4v) is 6.20. The lowest BCUT2D eigenvalue weighted by molar-refractivity contribution is 0.102. The number of fused-ring (bicyclic) bond motifs is 1. The molecular formula is C25H28FN5O3S. The lowest BCUT2D eigenvalue weighted by Crippen LogP contribution is -2.48. The van der Waals surface area contributed by atoms with E-state index in [1.54, 1.807) is 30.3 Å². The smallest absolute Gasteiger partial charge is 0.276 e. The number of halogens is 1. The molecule has 0 unspecified atom stereocenters. The molecule has 0 atom stereocenters. The summed E-state index contributed by atoms with van der Waals surface area (Å²) in [7, 11) is -3.59. The minimum atomic E-state index is -3.59. The molecule has 2 heterocycles. The van der Waals surface area contributed by atoms with E-state index in [1.807, 2.05) is 0 Å². The Hall–Kier alpha value is -3.08. The molecule has 1 aromatic heterocycles. The first-order valence-corrected chi connectivity index (χ1v) is 13.3. The zero-order valence-corrected chi connectivity index (χ0v) is 20.4. The summed E-state index contributed by atoms with van der Waals surface area (Å²) in [6.07, 6.45) is 2.30. The Morgan fingerprint density at radius 2 is 1.74 bits per heavy atom. The molecule has 1 fully saturated rings. The highest BCUT2D eigenvalue weighted by Crippen LogP contribution is 2.29. The molecule has 0 spiro atoms. The van der Waals surface area contributed by atoms with Gasteiger partial charge >= 0.3 is 0 Å². The van der Waals surface area contributed by atoms with Gasteiger partial charge in [0.1, 0.15) is 11.5 Å². The Kier molecular flexibility index (Phi) is 6.43. The zero-order chi connectivity index (χ0) is 24.6. The number of aromatic nitrogens is 2. The van der Waals surface area contributed by atoms with Crippen LogP contribution in [0.3, 0.4) is 0 Å². The van der Waals surface area contributed by atoms with E-state index in [0.29, 0.717) is 44.0 Å². The van der Waals surface area contributed by atoms with Gasteiger partial charge in [-0.2, -0.15) is 9.40 Å². The average Bonchev–Trinajstić information content (AvgIpc) is 3.48. The molecule has 35 heavy (non-hydrogen) atoms. The van der Waals surface area contributed by atoms with Crippen molar-refractivity contribution in [1.29, 1.82) is 0 Å². The van der Waals surface area contributed by atoms with Crippen molar-refractivity contribution in [2.45, 2.75) is 31.1 Å². The topological polar surface area (TPSA) is 87.5 Å². The highest BCUT2D eigenvalue weighted by molar-refractivity contribution is 7.89. The molecule has 0 saturated carbocycles. The Balaban J connectivity index is 1.33. The SMILES string of the molecule is CCN1CCN(S(=O)(=O)c2ccc(NC(=O)c3nn(-c4ccccc4F)c4c3CCC4)cc2)CC1. The standard InChI is InChI=1S/C25H28FN5O3S/c1-2-29-14-16-30(17-15-29)35(33,34)19-12-10-18(11-13-19)27-25(32)24-20-6-5-9-22(20)31(28-24)23-8-4-3-7-21(23)26/h3-4,7-8,10-13H,2,5-6,9,14-17H2,1H3,(H,27,32). The molecule has 184 valence electrons. The molecule has 2 aliphatic rings. The third kappa shape index (κ3) is 4.49. The molecule has 2 aromatic carbocycles. The van der Waals surface area contributed by atoms with Crippen LogP contribution in [0.15, 0.2) is 53.4 Å². The molecular weight excluding hydrogens is 469 g/mol. The number of rotatable bonds is 6. The van der Waals surface area contributed by atoms with Crippen LogP contribution in [0.5, 0.6) is 0 Å². The number of benzene rings is 2. The number of amides is 1. The quantitative estimate of drug-likeness (QED) is 0.566. The Morgan fingerprint density at radius 3 is 2.43 bits per heavy atom. The van der Waals surface area contributed by atoms with Gasteiger partial charge in [0.2, 0.25) is 10.0 Å². The fourth-order valence-electron chi connectivity index (χ4n) is 4.78. The van der Waals surface area contributed by atoms with Gasteiger partial charge in [0.25, 0.3) is 5.91 Å². The number of piperazine rings is 1. The third-order valence-electron chi connectivity index (χ3n) is 6.75. The van der Waals surface area contributed by atoms with Gasteiger partial charge in [0.15, 0.2) is 5.69 Å². The van der Waals surface area contributed by atoms with E-state index in [9.17, 15) is 17.6 Å². The number of likely N-dealkylation sites (N-methyl/N-ethyl adjacent to an activating group) is 1. The largest absolute Gasteiger partial charge is 0.321 e. The first kappa shape index (κ1) is 23.7. The van der Waals surface area contributed by atoms with Crippen molar-refractivity contribution in [3.63, 3.8) is 0 Å². The van der Waals surface area contributed by atoms with Crippen LogP contribution < -0.4 is 5.32 Å². The molecule has 3 aromatic rings. The summed E-state index contributed by atoms with van der Waals surface area (Å²) in [5.41, 5.74) is 2.74. The summed E-state index contributed by atoms with van der Waals surface area (Å²) >= 11 is 0. The highest BCUT2D eigenvalue weighted by Gasteiger charge is 2.29. The van der Waals surface area contributed by atoms with E-state index in [0.717, 1.165) is 30.6 Å². The number of nitrogens with one attached hydrogen (secondary N) is 1. The second-order valence-electron chi connectivity index (χ2n) is 8.81. The maximum Gasteiger partial charge on any atom is 0.276 e. The molecule has 10 heteroatoms. The summed E-state index contributed by atoms with van der Waals surface area (Å²) in [5, 5.41) is 7.26. The van der Waals surface area contributed by atoms with Crippen molar-refractivity contribution in [1.82, 2.24) is 19.0 Å². The first-order chi connectivity index (χ1) is 16.9. The van der Waals surface area contributed by atoms with Gasteiger partial charge in [0, 0.05) is 43.1 Å². The van der Waals surface area contributed by atoms with Gasteiger partial charge in [-0.15, -0.1) is 0 Å². The van der Waals surface area contributed by atoms with Crippen molar-refractivity contribution in [2.75, 3.05) is 38.0 Å². The van der Waals surface area contributed by atoms with Crippen molar-refractivity contribution >= 4 is 21.6 Å². The lowest BCUT2D eigenvalue weighted by Gasteiger charge is -2.33. The maximum atomic E-state index is 14.4. The summed E-state index contributed by atoms with van der Waals surface area (Å²) in [4.78, 5) is 15.5. The van der Waals surface area contributed by atoms with Crippen LogP contribution in [0.4, 0.5) is 10.1 Å². The fraction of sp³-hybridized carbons (Fsp3) is 0.360. The van der Waals surface area contributed by atoms with Crippen LogP contribution in [0.1, 0.15) is 35.1 Å². The molecule has 5 rings (SSSR count). The molecule has 8 nitrogen and oxygen atoms in total. The third-order valence-corrected chi connectivity index (χ3v) is 8.67. The number of sulfonamides is 1. The maximum absolute atomic E-state index is 14.4. The second-order valence-corrected chi connectivity index (χ2v) is 10.7. The van der Waals surface area contributed by atoms with Crippen molar-refractivity contribution in [2.24, 2.45) is 0 Å². The van der Waals surface area contributed by atoms with Crippen LogP contribution in [0.25, 0.3) is 5.69 Å². The molecule has 1 saturated heterocycles. The zero-order valence-electron chi connectivity index (χ0n) is 19.6. The van der Waals surface area contributed by atoms with E-state index in [-0.39, 0.29) is 10.6 Å². The Labute approximate surface area is 204 Å². The summed E-state index contributed by atoms with van der Waals surface area (Å²) in [6, 6.07) is 12.6. The average molecular weight is 498 g/mol. The number of hydrogen-bond donors (Lipinski definition) is 1. The number of carbonyl (C=O) groups excluding carboxylic acids is 1. The molecule has 1 N–H and O–H groups in total. The molecule has 1 amide bonds. The van der Waals surface area contributed by atoms with Crippen molar-refractivity contribution in [3.05, 3.63) is 71.3 Å². The first-order valence-electron chi connectivity index (χ1n) is 11.9. The van der Waals surface area contributed by atoms with Gasteiger partial charge in [-0.05, 0) is 62.2 Å². The van der Waals surface area contributed by atoms with Gasteiger partial charge < -0.3 is 10.2 Å². The minimum absolute atomic E-state index is 0.199. The summed E-state index contributed by atoms with van der Waals surface area (Å²) in [5.74, 6) is -0.797. The predicted octanol–water partition coefficient (Wildman–Crippen LogP) is 3.08.